The number of hydrogen-bond donors (Lipinski definition) is 1. The molecule has 0 radical (unpaired) electrons. The van der Waals surface area contributed by atoms with Gasteiger partial charge in [-0.2, -0.15) is 0 Å². The molecule has 3 atom stereocenters. The molecule has 0 aromatic carbocycles. The zero-order valence-corrected chi connectivity index (χ0v) is 24.5. The van der Waals surface area contributed by atoms with Crippen LogP contribution in [-0.4, -0.2) is 54.0 Å². The van der Waals surface area contributed by atoms with Gasteiger partial charge in [-0.15, -0.1) is 0 Å². The number of methoxy groups -OCH3 is 3. The third kappa shape index (κ3) is 9.44. The van der Waals surface area contributed by atoms with Crippen molar-refractivity contribution in [1.29, 1.82) is 0 Å². The van der Waals surface area contributed by atoms with Gasteiger partial charge in [0, 0.05) is 26.9 Å². The normalized spacial score (nSPS) is 17.4. The summed E-state index contributed by atoms with van der Waals surface area (Å²) in [6.45, 7) is 8.59. The van der Waals surface area contributed by atoms with Crippen LogP contribution in [0.4, 0.5) is 0 Å². The van der Waals surface area contributed by atoms with Gasteiger partial charge in [-0.3, -0.25) is 0 Å². The quantitative estimate of drug-likeness (QED) is 0.176. The van der Waals surface area contributed by atoms with Gasteiger partial charge in [-0.05, 0) is 26.7 Å². The van der Waals surface area contributed by atoms with Crippen molar-refractivity contribution in [2.45, 2.75) is 146 Å². The van der Waals surface area contributed by atoms with E-state index in [0.29, 0.717) is 0 Å². The monoisotopic (exact) mass is 459 g/mol. The lowest BCUT2D eigenvalue weighted by Crippen LogP contribution is -2.74. The molecule has 0 saturated heterocycles. The number of ether oxygens (including phenoxy) is 3. The fourth-order valence-corrected chi connectivity index (χ4v) is 7.10. The molecule has 0 aromatic rings. The Balaban J connectivity index is 4.56. The summed E-state index contributed by atoms with van der Waals surface area (Å²) in [6.07, 6.45) is 19.2. The van der Waals surface area contributed by atoms with Crippen LogP contribution in [0.5, 0.6) is 0 Å². The number of rotatable bonds is 21. The van der Waals surface area contributed by atoms with Crippen LogP contribution in [0.25, 0.3) is 0 Å². The van der Waals surface area contributed by atoms with Crippen LogP contribution < -0.4 is 5.73 Å². The van der Waals surface area contributed by atoms with Gasteiger partial charge in [0.1, 0.15) is 10.8 Å². The molecule has 0 aliphatic carbocycles. The summed E-state index contributed by atoms with van der Waals surface area (Å²) in [5.41, 5.74) is 5.61. The van der Waals surface area contributed by atoms with Crippen LogP contribution >= 0.6 is 0 Å². The Bertz CT molecular complexity index is 429. The standard InChI is InChI=1S/C26H57NO3Si/c1-8-10-11-12-13-14-15-16-17-18-19-20-21-23(28-5)26(31,30-7)25(29-6,22-9-2)24(3,4)27/h23H,8-22,27H2,1-7,31H3. The van der Waals surface area contributed by atoms with Crippen molar-refractivity contribution in [3.63, 3.8) is 0 Å². The van der Waals surface area contributed by atoms with Crippen molar-refractivity contribution in [2.75, 3.05) is 21.3 Å². The van der Waals surface area contributed by atoms with Crippen molar-refractivity contribution in [3.05, 3.63) is 0 Å². The highest BCUT2D eigenvalue weighted by Gasteiger charge is 2.59. The maximum absolute atomic E-state index is 6.70. The molecule has 5 heteroatoms. The zero-order chi connectivity index (χ0) is 23.8. The molecule has 2 N–H and O–H groups in total. The van der Waals surface area contributed by atoms with E-state index in [4.69, 9.17) is 19.9 Å². The molecular weight excluding hydrogens is 402 g/mol. The third-order valence-corrected chi connectivity index (χ3v) is 9.30. The van der Waals surface area contributed by atoms with Gasteiger partial charge in [0.05, 0.1) is 16.3 Å². The van der Waals surface area contributed by atoms with Crippen molar-refractivity contribution in [1.82, 2.24) is 0 Å². The Labute approximate surface area is 198 Å². The molecule has 0 heterocycles. The van der Waals surface area contributed by atoms with Crippen LogP contribution in [0.1, 0.15) is 124 Å². The summed E-state index contributed by atoms with van der Waals surface area (Å²) in [5, 5.41) is -0.484. The summed E-state index contributed by atoms with van der Waals surface area (Å²) in [7, 11) is 6.19. The van der Waals surface area contributed by atoms with E-state index in [2.05, 4.69) is 27.7 Å². The van der Waals surface area contributed by atoms with E-state index < -0.39 is 16.4 Å². The average molecular weight is 460 g/mol. The first-order valence-corrected chi connectivity index (χ1v) is 14.1. The zero-order valence-electron chi connectivity index (χ0n) is 22.5. The lowest BCUT2D eigenvalue weighted by atomic mass is 9.72. The minimum Gasteiger partial charge on any atom is -0.379 e. The average Bonchev–Trinajstić information content (AvgIpc) is 2.74. The van der Waals surface area contributed by atoms with Crippen molar-refractivity contribution < 1.29 is 14.2 Å². The lowest BCUT2D eigenvalue weighted by molar-refractivity contribution is -0.218. The first-order valence-electron chi connectivity index (χ1n) is 13.1. The van der Waals surface area contributed by atoms with Gasteiger partial charge in [0.2, 0.25) is 0 Å². The van der Waals surface area contributed by atoms with E-state index >= 15 is 0 Å². The fourth-order valence-electron chi connectivity index (χ4n) is 5.48. The van der Waals surface area contributed by atoms with Crippen molar-refractivity contribution >= 4 is 10.2 Å². The highest BCUT2D eigenvalue weighted by molar-refractivity contribution is 6.16. The smallest absolute Gasteiger partial charge is 0.112 e. The molecule has 0 amide bonds. The van der Waals surface area contributed by atoms with E-state index in [0.717, 1.165) is 29.5 Å². The van der Waals surface area contributed by atoms with Crippen LogP contribution in [0.15, 0.2) is 0 Å². The number of hydrogen-bond acceptors (Lipinski definition) is 4. The third-order valence-electron chi connectivity index (χ3n) is 7.44. The summed E-state index contributed by atoms with van der Waals surface area (Å²) >= 11 is 0. The van der Waals surface area contributed by atoms with E-state index in [1.54, 1.807) is 14.2 Å². The topological polar surface area (TPSA) is 53.7 Å². The van der Waals surface area contributed by atoms with Crippen LogP contribution in [0, 0.1) is 0 Å². The molecule has 0 rings (SSSR count). The van der Waals surface area contributed by atoms with Gasteiger partial charge in [0.15, 0.2) is 0 Å². The molecular formula is C26H57NO3Si. The fraction of sp³-hybridized carbons (Fsp3) is 1.00. The highest BCUT2D eigenvalue weighted by atomic mass is 28.1. The van der Waals surface area contributed by atoms with Gasteiger partial charge in [-0.1, -0.05) is 97.3 Å². The van der Waals surface area contributed by atoms with Crippen molar-refractivity contribution in [2.24, 2.45) is 5.73 Å². The molecule has 4 nitrogen and oxygen atoms in total. The van der Waals surface area contributed by atoms with Gasteiger partial charge in [0.25, 0.3) is 0 Å². The van der Waals surface area contributed by atoms with Crippen LogP contribution in [-0.2, 0) is 14.2 Å². The first kappa shape index (κ1) is 31.1. The van der Waals surface area contributed by atoms with Gasteiger partial charge >= 0.3 is 0 Å². The second-order valence-corrected chi connectivity index (χ2v) is 11.7. The molecule has 0 aliphatic rings. The second kappa shape index (κ2) is 16.6. The summed E-state index contributed by atoms with van der Waals surface area (Å²) in [4.78, 5) is 0. The molecule has 31 heavy (non-hydrogen) atoms. The van der Waals surface area contributed by atoms with Crippen molar-refractivity contribution in [3.8, 4) is 0 Å². The Kier molecular flexibility index (Phi) is 16.7. The van der Waals surface area contributed by atoms with Crippen LogP contribution in [0.2, 0.25) is 0 Å². The molecule has 0 fully saturated rings. The van der Waals surface area contributed by atoms with Gasteiger partial charge in [-0.25, -0.2) is 0 Å². The molecule has 0 saturated carbocycles. The molecule has 188 valence electrons. The minimum atomic E-state index is -0.562. The summed E-state index contributed by atoms with van der Waals surface area (Å²) in [6, 6.07) is 0. The number of unbranched alkanes of at least 4 members (excludes halogenated alkanes) is 11. The van der Waals surface area contributed by atoms with E-state index in [1.807, 2.05) is 7.11 Å². The van der Waals surface area contributed by atoms with E-state index in [1.165, 1.54) is 77.0 Å². The first-order chi connectivity index (χ1) is 14.7. The molecule has 0 bridgehead atoms. The van der Waals surface area contributed by atoms with Crippen LogP contribution in [0.3, 0.4) is 0 Å². The van der Waals surface area contributed by atoms with E-state index in [-0.39, 0.29) is 6.10 Å². The lowest BCUT2D eigenvalue weighted by Gasteiger charge is -2.56. The second-order valence-electron chi connectivity index (χ2n) is 10.2. The Morgan fingerprint density at radius 3 is 1.48 bits per heavy atom. The molecule has 3 unspecified atom stereocenters. The predicted molar refractivity (Wildman–Crippen MR) is 139 cm³/mol. The summed E-state index contributed by atoms with van der Waals surface area (Å²) in [5.74, 6) is 0. The largest absolute Gasteiger partial charge is 0.379 e. The number of nitrogens with two attached hydrogens (primary N) is 1. The molecule has 0 aliphatic heterocycles. The predicted octanol–water partition coefficient (Wildman–Crippen LogP) is 5.72. The minimum absolute atomic E-state index is 0.00149. The van der Waals surface area contributed by atoms with Gasteiger partial charge < -0.3 is 19.9 Å². The Hall–Kier alpha value is 0.0569. The Morgan fingerprint density at radius 2 is 1.16 bits per heavy atom. The maximum atomic E-state index is 6.70. The molecule has 0 aromatic heterocycles. The summed E-state index contributed by atoms with van der Waals surface area (Å²) < 4.78 is 18.4. The Morgan fingerprint density at radius 1 is 0.710 bits per heavy atom. The maximum Gasteiger partial charge on any atom is 0.112 e. The SMILES string of the molecule is CCCCCCCCCCCCCCC(OC)C([SiH3])(OC)C(CCC)(OC)C(C)(C)N. The highest BCUT2D eigenvalue weighted by Crippen LogP contribution is 2.43. The molecule has 0 spiro atoms. The van der Waals surface area contributed by atoms with E-state index in [9.17, 15) is 0 Å².